The van der Waals surface area contributed by atoms with Crippen LogP contribution in [0.2, 0.25) is 0 Å². The summed E-state index contributed by atoms with van der Waals surface area (Å²) in [5.74, 6) is -0.590. The monoisotopic (exact) mass is 693 g/mol. The summed E-state index contributed by atoms with van der Waals surface area (Å²) in [6.45, 7) is 4.12. The zero-order valence-electron chi connectivity index (χ0n) is 33.0. The second-order valence-corrected chi connectivity index (χ2v) is 14.8. The van der Waals surface area contributed by atoms with Crippen molar-refractivity contribution in [2.45, 2.75) is 245 Å². The molecule has 0 aromatic heterocycles. The summed E-state index contributed by atoms with van der Waals surface area (Å²) in [7, 11) is 0. The van der Waals surface area contributed by atoms with Crippen LogP contribution >= 0.6 is 0 Å². The van der Waals surface area contributed by atoms with Gasteiger partial charge >= 0.3 is 11.9 Å². The lowest BCUT2D eigenvalue weighted by molar-refractivity contribution is -0.161. The van der Waals surface area contributed by atoms with Gasteiger partial charge in [-0.05, 0) is 32.1 Å². The summed E-state index contributed by atoms with van der Waals surface area (Å²) in [6, 6.07) is 0. The molecule has 5 heteroatoms. The van der Waals surface area contributed by atoms with E-state index < -0.39 is 6.10 Å². The van der Waals surface area contributed by atoms with Crippen LogP contribution in [0.1, 0.15) is 239 Å². The van der Waals surface area contributed by atoms with E-state index in [0.29, 0.717) is 12.8 Å². The Balaban J connectivity index is 3.42. The normalized spacial score (nSPS) is 12.1. The van der Waals surface area contributed by atoms with Crippen molar-refractivity contribution in [3.63, 3.8) is 0 Å². The van der Waals surface area contributed by atoms with E-state index in [-0.39, 0.29) is 25.2 Å². The van der Waals surface area contributed by atoms with Gasteiger partial charge in [0.1, 0.15) is 6.61 Å². The summed E-state index contributed by atoms with van der Waals surface area (Å²) >= 11 is 0. The van der Waals surface area contributed by atoms with Gasteiger partial charge in [-0.1, -0.05) is 206 Å². The summed E-state index contributed by atoms with van der Waals surface area (Å²) in [4.78, 5) is 24.2. The molecule has 0 saturated heterocycles. The van der Waals surface area contributed by atoms with Gasteiger partial charge < -0.3 is 14.6 Å². The van der Waals surface area contributed by atoms with Crippen molar-refractivity contribution in [1.82, 2.24) is 0 Å². The molecule has 0 rings (SSSR count). The van der Waals surface area contributed by atoms with Gasteiger partial charge in [0, 0.05) is 12.8 Å². The smallest absolute Gasteiger partial charge is 0.306 e. The topological polar surface area (TPSA) is 72.8 Å². The summed E-state index contributed by atoms with van der Waals surface area (Å²) in [6.07, 6.45) is 47.3. The number of unbranched alkanes of at least 4 members (excludes halogenated alkanes) is 30. The Kier molecular flexibility index (Phi) is 39.9. The first kappa shape index (κ1) is 47.6. The number of rotatable bonds is 40. The fourth-order valence-electron chi connectivity index (χ4n) is 6.48. The number of carbonyl (C=O) groups is 2. The van der Waals surface area contributed by atoms with Crippen LogP contribution in [-0.2, 0) is 19.1 Å². The van der Waals surface area contributed by atoms with E-state index in [1.165, 1.54) is 173 Å². The Labute approximate surface area is 305 Å². The third-order valence-electron chi connectivity index (χ3n) is 9.81. The Hall–Kier alpha value is -1.36. The SMILES string of the molecule is CCCC/C=C\CCCCCCCC(=O)OC(CO)COC(=O)CCCCCCCCCCCCCCCCCCCCCCCCCC. The zero-order chi connectivity index (χ0) is 35.7. The van der Waals surface area contributed by atoms with Crippen LogP contribution in [0, 0.1) is 0 Å². The van der Waals surface area contributed by atoms with Crippen LogP contribution < -0.4 is 0 Å². The quantitative estimate of drug-likeness (QED) is 0.0393. The van der Waals surface area contributed by atoms with Crippen LogP contribution in [0.4, 0.5) is 0 Å². The van der Waals surface area contributed by atoms with Gasteiger partial charge in [0.15, 0.2) is 6.10 Å². The highest BCUT2D eigenvalue weighted by atomic mass is 16.6. The molecule has 0 aliphatic rings. The number of hydrogen-bond acceptors (Lipinski definition) is 5. The second-order valence-electron chi connectivity index (χ2n) is 14.8. The van der Waals surface area contributed by atoms with Gasteiger partial charge in [-0.15, -0.1) is 0 Å². The molecule has 1 unspecified atom stereocenters. The minimum Gasteiger partial charge on any atom is -0.462 e. The average molecular weight is 693 g/mol. The van der Waals surface area contributed by atoms with E-state index in [9.17, 15) is 14.7 Å². The van der Waals surface area contributed by atoms with Gasteiger partial charge in [0.2, 0.25) is 0 Å². The van der Waals surface area contributed by atoms with Crippen LogP contribution in [0.3, 0.4) is 0 Å². The molecule has 290 valence electrons. The molecule has 1 atom stereocenters. The first-order valence-corrected chi connectivity index (χ1v) is 21.7. The molecular formula is C44H84O5. The molecule has 0 heterocycles. The van der Waals surface area contributed by atoms with Gasteiger partial charge in [-0.2, -0.15) is 0 Å². The standard InChI is InChI=1S/C44H84O5/c1-3-5-7-9-11-13-15-16-17-18-19-20-21-22-23-24-25-26-27-29-30-32-34-36-38-43(46)48-41-42(40-45)49-44(47)39-37-35-33-31-28-14-12-10-8-6-4-2/h10,12,42,45H,3-9,11,13-41H2,1-2H3/b12-10-. The third kappa shape index (κ3) is 39.3. The van der Waals surface area contributed by atoms with Crippen molar-refractivity contribution in [3.8, 4) is 0 Å². The number of allylic oxidation sites excluding steroid dienone is 2. The zero-order valence-corrected chi connectivity index (χ0v) is 33.0. The number of hydrogen-bond donors (Lipinski definition) is 1. The molecule has 0 radical (unpaired) electrons. The minimum atomic E-state index is -0.768. The van der Waals surface area contributed by atoms with Crippen LogP contribution in [-0.4, -0.2) is 36.4 Å². The fraction of sp³-hybridized carbons (Fsp3) is 0.909. The van der Waals surface area contributed by atoms with Gasteiger partial charge in [0.25, 0.3) is 0 Å². The lowest BCUT2D eigenvalue weighted by Gasteiger charge is -2.15. The molecule has 0 spiro atoms. The number of ether oxygens (including phenoxy) is 2. The maximum atomic E-state index is 12.1. The van der Waals surface area contributed by atoms with Crippen LogP contribution in [0.25, 0.3) is 0 Å². The molecule has 0 aromatic carbocycles. The van der Waals surface area contributed by atoms with Crippen LogP contribution in [0.15, 0.2) is 12.2 Å². The Bertz CT molecular complexity index is 705. The Morgan fingerprint density at radius 2 is 0.776 bits per heavy atom. The van der Waals surface area contributed by atoms with E-state index in [2.05, 4.69) is 26.0 Å². The second kappa shape index (κ2) is 41.1. The molecular weight excluding hydrogens is 608 g/mol. The summed E-state index contributed by atoms with van der Waals surface area (Å²) < 4.78 is 10.6. The molecule has 0 saturated carbocycles. The largest absolute Gasteiger partial charge is 0.462 e. The maximum absolute atomic E-state index is 12.1. The lowest BCUT2D eigenvalue weighted by atomic mass is 10.0. The summed E-state index contributed by atoms with van der Waals surface area (Å²) in [5.41, 5.74) is 0. The molecule has 0 aromatic rings. The van der Waals surface area contributed by atoms with Gasteiger partial charge in [-0.3, -0.25) is 9.59 Å². The third-order valence-corrected chi connectivity index (χ3v) is 9.81. The molecule has 0 amide bonds. The first-order chi connectivity index (χ1) is 24.1. The highest BCUT2D eigenvalue weighted by Gasteiger charge is 2.16. The van der Waals surface area contributed by atoms with Gasteiger partial charge in [-0.25, -0.2) is 0 Å². The number of carbonyl (C=O) groups excluding carboxylic acids is 2. The van der Waals surface area contributed by atoms with Crippen molar-refractivity contribution in [2.24, 2.45) is 0 Å². The van der Waals surface area contributed by atoms with Crippen molar-refractivity contribution in [2.75, 3.05) is 13.2 Å². The highest BCUT2D eigenvalue weighted by Crippen LogP contribution is 2.16. The van der Waals surface area contributed by atoms with Gasteiger partial charge in [0.05, 0.1) is 6.61 Å². The minimum absolute atomic E-state index is 0.0632. The average Bonchev–Trinajstić information content (AvgIpc) is 3.10. The Morgan fingerprint density at radius 1 is 0.449 bits per heavy atom. The van der Waals surface area contributed by atoms with Crippen molar-refractivity contribution >= 4 is 11.9 Å². The first-order valence-electron chi connectivity index (χ1n) is 21.7. The number of esters is 2. The molecule has 49 heavy (non-hydrogen) atoms. The van der Waals surface area contributed by atoms with Crippen LogP contribution in [0.5, 0.6) is 0 Å². The molecule has 5 nitrogen and oxygen atoms in total. The van der Waals surface area contributed by atoms with E-state index in [1.807, 2.05) is 0 Å². The molecule has 0 bridgehead atoms. The van der Waals surface area contributed by atoms with E-state index in [0.717, 1.165) is 38.5 Å². The highest BCUT2D eigenvalue weighted by molar-refractivity contribution is 5.70. The van der Waals surface area contributed by atoms with Crippen molar-refractivity contribution in [1.29, 1.82) is 0 Å². The van der Waals surface area contributed by atoms with E-state index >= 15 is 0 Å². The Morgan fingerprint density at radius 3 is 1.16 bits per heavy atom. The molecule has 0 aliphatic heterocycles. The lowest BCUT2D eigenvalue weighted by Crippen LogP contribution is -2.28. The predicted molar refractivity (Wildman–Crippen MR) is 210 cm³/mol. The fourth-order valence-corrected chi connectivity index (χ4v) is 6.48. The molecule has 0 aliphatic carbocycles. The maximum Gasteiger partial charge on any atom is 0.306 e. The number of aliphatic hydroxyl groups is 1. The number of aliphatic hydroxyl groups excluding tert-OH is 1. The van der Waals surface area contributed by atoms with Crippen molar-refractivity contribution < 1.29 is 24.2 Å². The summed E-state index contributed by atoms with van der Waals surface area (Å²) in [5, 5.41) is 9.54. The van der Waals surface area contributed by atoms with E-state index in [1.54, 1.807) is 0 Å². The predicted octanol–water partition coefficient (Wildman–Crippen LogP) is 13.7. The molecule has 0 fully saturated rings. The molecule has 1 N–H and O–H groups in total. The van der Waals surface area contributed by atoms with E-state index in [4.69, 9.17) is 9.47 Å². The van der Waals surface area contributed by atoms with Crippen molar-refractivity contribution in [3.05, 3.63) is 12.2 Å².